The number of carbonyl (C=O) groups is 1. The van der Waals surface area contributed by atoms with Crippen LogP contribution in [0.3, 0.4) is 0 Å². The number of nitrogens with zero attached hydrogens (tertiary/aromatic N) is 3. The predicted octanol–water partition coefficient (Wildman–Crippen LogP) is 2.83. The number of aromatic nitrogens is 1. The molecular weight excluding hydrogens is 314 g/mol. The van der Waals surface area contributed by atoms with Gasteiger partial charge in [0.1, 0.15) is 0 Å². The molecular formula is C17H24ClN3O2. The molecule has 126 valence electrons. The lowest BCUT2D eigenvalue weighted by Gasteiger charge is -2.37. The highest BCUT2D eigenvalue weighted by Gasteiger charge is 2.31. The van der Waals surface area contributed by atoms with Gasteiger partial charge in [-0.1, -0.05) is 11.6 Å². The molecule has 0 spiro atoms. The first-order valence-corrected chi connectivity index (χ1v) is 8.89. The maximum absolute atomic E-state index is 12.8. The Labute approximate surface area is 142 Å². The summed E-state index contributed by atoms with van der Waals surface area (Å²) in [6.07, 6.45) is 4.75. The first-order valence-electron chi connectivity index (χ1n) is 8.51. The second-order valence-corrected chi connectivity index (χ2v) is 6.61. The van der Waals surface area contributed by atoms with Crippen LogP contribution in [0, 0.1) is 0 Å². The summed E-state index contributed by atoms with van der Waals surface area (Å²) in [5.41, 5.74) is 0.305. The SMILES string of the molecule is CCOc1ccc(Cl)c(C(=O)N2CCC[C@H](N3CCCC3)C2)n1. The number of hydrogen-bond acceptors (Lipinski definition) is 4. The minimum Gasteiger partial charge on any atom is -0.478 e. The molecule has 1 aromatic heterocycles. The fraction of sp³-hybridized carbons (Fsp3) is 0.647. The average molecular weight is 338 g/mol. The molecule has 23 heavy (non-hydrogen) atoms. The van der Waals surface area contributed by atoms with Crippen molar-refractivity contribution in [1.82, 2.24) is 14.8 Å². The molecule has 1 amide bonds. The van der Waals surface area contributed by atoms with Crippen LogP contribution < -0.4 is 4.74 Å². The zero-order valence-corrected chi connectivity index (χ0v) is 14.4. The lowest BCUT2D eigenvalue weighted by molar-refractivity contribution is 0.0601. The van der Waals surface area contributed by atoms with Gasteiger partial charge in [0.2, 0.25) is 5.88 Å². The zero-order valence-electron chi connectivity index (χ0n) is 13.6. The third-order valence-corrected chi connectivity index (χ3v) is 4.96. The lowest BCUT2D eigenvalue weighted by atomic mass is 10.0. The van der Waals surface area contributed by atoms with Gasteiger partial charge in [-0.3, -0.25) is 9.69 Å². The standard InChI is InChI=1S/C17H24ClN3O2/c1-2-23-15-8-7-14(18)16(19-15)17(22)21-11-5-6-13(12-21)20-9-3-4-10-20/h7-8,13H,2-6,9-12H2,1H3/t13-/m0/s1. The molecule has 0 bridgehead atoms. The number of piperidine rings is 1. The van der Waals surface area contributed by atoms with Crippen molar-refractivity contribution in [3.05, 3.63) is 22.8 Å². The van der Waals surface area contributed by atoms with E-state index in [1.807, 2.05) is 11.8 Å². The van der Waals surface area contributed by atoms with Crippen LogP contribution in [-0.2, 0) is 0 Å². The number of hydrogen-bond donors (Lipinski definition) is 0. The second kappa shape index (κ2) is 7.49. The largest absolute Gasteiger partial charge is 0.478 e. The van der Waals surface area contributed by atoms with E-state index in [0.717, 1.165) is 32.6 Å². The Balaban J connectivity index is 1.72. The summed E-state index contributed by atoms with van der Waals surface area (Å²) in [7, 11) is 0. The van der Waals surface area contributed by atoms with Gasteiger partial charge in [-0.05, 0) is 51.8 Å². The number of likely N-dealkylation sites (tertiary alicyclic amines) is 2. The summed E-state index contributed by atoms with van der Waals surface area (Å²) in [5.74, 6) is 0.369. The molecule has 0 aromatic carbocycles. The topological polar surface area (TPSA) is 45.7 Å². The van der Waals surface area contributed by atoms with Crippen LogP contribution in [-0.4, -0.2) is 59.5 Å². The van der Waals surface area contributed by atoms with Gasteiger partial charge < -0.3 is 9.64 Å². The Hall–Kier alpha value is -1.33. The fourth-order valence-corrected chi connectivity index (χ4v) is 3.68. The molecule has 2 fully saturated rings. The van der Waals surface area contributed by atoms with Gasteiger partial charge in [0, 0.05) is 25.2 Å². The van der Waals surface area contributed by atoms with Crippen molar-refractivity contribution >= 4 is 17.5 Å². The van der Waals surface area contributed by atoms with Crippen LogP contribution in [0.25, 0.3) is 0 Å². The van der Waals surface area contributed by atoms with Gasteiger partial charge in [-0.15, -0.1) is 0 Å². The normalized spacial score (nSPS) is 22.3. The number of ether oxygens (including phenoxy) is 1. The van der Waals surface area contributed by atoms with Crippen LogP contribution >= 0.6 is 11.6 Å². The van der Waals surface area contributed by atoms with E-state index in [2.05, 4.69) is 9.88 Å². The Kier molecular flexibility index (Phi) is 5.38. The molecule has 5 nitrogen and oxygen atoms in total. The maximum atomic E-state index is 12.8. The Morgan fingerprint density at radius 3 is 2.83 bits per heavy atom. The molecule has 2 aliphatic rings. The Morgan fingerprint density at radius 2 is 2.09 bits per heavy atom. The highest BCUT2D eigenvalue weighted by Crippen LogP contribution is 2.24. The Morgan fingerprint density at radius 1 is 1.30 bits per heavy atom. The van der Waals surface area contributed by atoms with E-state index >= 15 is 0 Å². The summed E-state index contributed by atoms with van der Waals surface area (Å²) in [6, 6.07) is 3.87. The van der Waals surface area contributed by atoms with E-state index in [4.69, 9.17) is 16.3 Å². The van der Waals surface area contributed by atoms with Gasteiger partial charge in [0.15, 0.2) is 5.69 Å². The van der Waals surface area contributed by atoms with E-state index in [1.54, 1.807) is 12.1 Å². The van der Waals surface area contributed by atoms with E-state index in [-0.39, 0.29) is 5.91 Å². The van der Waals surface area contributed by atoms with Gasteiger partial charge in [0.05, 0.1) is 11.6 Å². The molecule has 1 aromatic rings. The summed E-state index contributed by atoms with van der Waals surface area (Å²) < 4.78 is 5.39. The third kappa shape index (κ3) is 3.78. The third-order valence-electron chi connectivity index (χ3n) is 4.66. The van der Waals surface area contributed by atoms with Gasteiger partial charge in [0.25, 0.3) is 5.91 Å². The number of amides is 1. The van der Waals surface area contributed by atoms with Crippen molar-refractivity contribution in [3.8, 4) is 5.88 Å². The number of carbonyl (C=O) groups excluding carboxylic acids is 1. The summed E-state index contributed by atoms with van der Waals surface area (Å²) >= 11 is 6.20. The van der Waals surface area contributed by atoms with E-state index in [0.29, 0.717) is 29.2 Å². The fourth-order valence-electron chi connectivity index (χ4n) is 3.50. The van der Waals surface area contributed by atoms with Crippen LogP contribution in [0.15, 0.2) is 12.1 Å². The molecule has 2 aliphatic heterocycles. The molecule has 0 saturated carbocycles. The van der Waals surface area contributed by atoms with Crippen molar-refractivity contribution in [3.63, 3.8) is 0 Å². The van der Waals surface area contributed by atoms with Gasteiger partial charge in [-0.2, -0.15) is 0 Å². The van der Waals surface area contributed by atoms with Crippen molar-refractivity contribution in [2.24, 2.45) is 0 Å². The van der Waals surface area contributed by atoms with Crippen molar-refractivity contribution in [2.45, 2.75) is 38.6 Å². The Bertz CT molecular complexity index is 561. The quantitative estimate of drug-likeness (QED) is 0.847. The van der Waals surface area contributed by atoms with Crippen LogP contribution in [0.1, 0.15) is 43.1 Å². The predicted molar refractivity (Wildman–Crippen MR) is 90.1 cm³/mol. The highest BCUT2D eigenvalue weighted by atomic mass is 35.5. The van der Waals surface area contributed by atoms with Crippen molar-refractivity contribution in [2.75, 3.05) is 32.8 Å². The lowest BCUT2D eigenvalue weighted by Crippen LogP contribution is -2.49. The zero-order chi connectivity index (χ0) is 16.2. The summed E-state index contributed by atoms with van der Waals surface area (Å²) in [5, 5.41) is 0.391. The van der Waals surface area contributed by atoms with Crippen LogP contribution in [0.2, 0.25) is 5.02 Å². The van der Waals surface area contributed by atoms with Crippen molar-refractivity contribution in [1.29, 1.82) is 0 Å². The first-order chi connectivity index (χ1) is 11.2. The van der Waals surface area contributed by atoms with E-state index in [9.17, 15) is 4.79 Å². The maximum Gasteiger partial charge on any atom is 0.274 e. The van der Waals surface area contributed by atoms with E-state index in [1.165, 1.54) is 19.3 Å². The number of pyridine rings is 1. The molecule has 6 heteroatoms. The minimum absolute atomic E-state index is 0.0829. The van der Waals surface area contributed by atoms with E-state index < -0.39 is 0 Å². The molecule has 0 N–H and O–H groups in total. The second-order valence-electron chi connectivity index (χ2n) is 6.20. The van der Waals surface area contributed by atoms with Crippen molar-refractivity contribution < 1.29 is 9.53 Å². The van der Waals surface area contributed by atoms with Crippen LogP contribution in [0.5, 0.6) is 5.88 Å². The highest BCUT2D eigenvalue weighted by molar-refractivity contribution is 6.33. The van der Waals surface area contributed by atoms with Gasteiger partial charge in [-0.25, -0.2) is 4.98 Å². The molecule has 3 rings (SSSR count). The molecule has 1 atom stereocenters. The molecule has 0 unspecified atom stereocenters. The van der Waals surface area contributed by atoms with Gasteiger partial charge >= 0.3 is 0 Å². The molecule has 0 radical (unpaired) electrons. The molecule has 0 aliphatic carbocycles. The number of halogens is 1. The average Bonchev–Trinajstić information content (AvgIpc) is 3.11. The van der Waals surface area contributed by atoms with Crippen LogP contribution in [0.4, 0.5) is 0 Å². The monoisotopic (exact) mass is 337 g/mol. The number of rotatable bonds is 4. The summed E-state index contributed by atoms with van der Waals surface area (Å²) in [6.45, 7) is 6.28. The molecule has 3 heterocycles. The molecule has 2 saturated heterocycles. The summed E-state index contributed by atoms with van der Waals surface area (Å²) in [4.78, 5) is 21.6. The minimum atomic E-state index is -0.0829. The smallest absolute Gasteiger partial charge is 0.274 e. The first kappa shape index (κ1) is 16.5.